The van der Waals surface area contributed by atoms with Gasteiger partial charge in [-0.1, -0.05) is 65.2 Å². The first kappa shape index (κ1) is 25.0. The Bertz CT molecular complexity index is 553. The van der Waals surface area contributed by atoms with Crippen LogP contribution in [0.25, 0.3) is 0 Å². The average molecular weight is 431 g/mol. The highest BCUT2D eigenvalue weighted by Gasteiger charge is 2.71. The number of hydrogen-bond acceptors (Lipinski definition) is 8. The van der Waals surface area contributed by atoms with Gasteiger partial charge in [0.1, 0.15) is 12.7 Å². The molecule has 2 fully saturated rings. The van der Waals surface area contributed by atoms with Crippen molar-refractivity contribution in [3.05, 3.63) is 0 Å². The van der Waals surface area contributed by atoms with Gasteiger partial charge in [0.2, 0.25) is 0 Å². The molecule has 0 bridgehead atoms. The number of rotatable bonds is 14. The summed E-state index contributed by atoms with van der Waals surface area (Å²) in [6.07, 6.45) is 7.54. The maximum atomic E-state index is 12.3. The van der Waals surface area contributed by atoms with Crippen LogP contribution in [0.2, 0.25) is 0 Å². The number of carbonyl (C=O) groups excluding carboxylic acids is 2. The third-order valence-corrected chi connectivity index (χ3v) is 5.70. The molecule has 0 saturated carbocycles. The van der Waals surface area contributed by atoms with Gasteiger partial charge in [-0.2, -0.15) is 0 Å². The zero-order valence-corrected chi connectivity index (χ0v) is 18.4. The lowest BCUT2D eigenvalue weighted by Crippen LogP contribution is -2.55. The number of fused-ring (bicyclic) bond motifs is 1. The Balaban J connectivity index is 1.87. The molecule has 0 unspecified atom stereocenters. The summed E-state index contributed by atoms with van der Waals surface area (Å²) in [5.41, 5.74) is 0. The quantitative estimate of drug-likeness (QED) is 0.246. The van der Waals surface area contributed by atoms with Crippen LogP contribution < -0.4 is 0 Å². The molecule has 0 aromatic rings. The molecule has 2 N–H and O–H groups in total. The molecule has 8 heteroatoms. The molecule has 2 saturated heterocycles. The molecule has 2 aliphatic heterocycles. The van der Waals surface area contributed by atoms with Crippen LogP contribution in [0.15, 0.2) is 0 Å². The Kier molecular flexibility index (Phi) is 10.0. The van der Waals surface area contributed by atoms with E-state index in [4.69, 9.17) is 18.9 Å². The van der Waals surface area contributed by atoms with Crippen LogP contribution in [0.3, 0.4) is 0 Å². The maximum absolute atomic E-state index is 12.3. The summed E-state index contributed by atoms with van der Waals surface area (Å²) in [6.45, 7) is 3.61. The fraction of sp³-hybridized carbons (Fsp3) is 0.909. The SMILES string of the molecule is CCCCCCCC(=O)O[C@]12OC[C@](O)(OC(=O)CCCCCCC)[C@H]1OC[C@@H]2O. The fourth-order valence-electron chi connectivity index (χ4n) is 3.96. The van der Waals surface area contributed by atoms with Crippen molar-refractivity contribution in [2.24, 2.45) is 0 Å². The van der Waals surface area contributed by atoms with E-state index in [0.29, 0.717) is 12.8 Å². The van der Waals surface area contributed by atoms with Gasteiger partial charge in [0.15, 0.2) is 6.10 Å². The van der Waals surface area contributed by atoms with Gasteiger partial charge in [-0.3, -0.25) is 9.59 Å². The zero-order valence-electron chi connectivity index (χ0n) is 18.4. The monoisotopic (exact) mass is 430 g/mol. The second kappa shape index (κ2) is 12.0. The Hall–Kier alpha value is -1.22. The van der Waals surface area contributed by atoms with Crippen molar-refractivity contribution < 1.29 is 38.7 Å². The van der Waals surface area contributed by atoms with Crippen LogP contribution in [0.1, 0.15) is 90.9 Å². The first-order chi connectivity index (χ1) is 14.4. The smallest absolute Gasteiger partial charge is 0.308 e. The minimum atomic E-state index is -2.10. The second-order valence-corrected chi connectivity index (χ2v) is 8.36. The van der Waals surface area contributed by atoms with Gasteiger partial charge in [0.25, 0.3) is 11.6 Å². The van der Waals surface area contributed by atoms with Crippen LogP contribution in [0, 0.1) is 0 Å². The number of unbranched alkanes of at least 4 members (excludes halogenated alkanes) is 8. The molecule has 0 aliphatic carbocycles. The minimum absolute atomic E-state index is 0.172. The summed E-state index contributed by atoms with van der Waals surface area (Å²) in [5.74, 6) is -5.05. The van der Waals surface area contributed by atoms with E-state index in [1.54, 1.807) is 0 Å². The van der Waals surface area contributed by atoms with E-state index >= 15 is 0 Å². The molecule has 8 nitrogen and oxygen atoms in total. The highest BCUT2D eigenvalue weighted by atomic mass is 16.8. The topological polar surface area (TPSA) is 112 Å². The van der Waals surface area contributed by atoms with Crippen molar-refractivity contribution in [2.75, 3.05) is 13.2 Å². The summed E-state index contributed by atoms with van der Waals surface area (Å²) < 4.78 is 21.7. The molecule has 0 spiro atoms. The van der Waals surface area contributed by atoms with Gasteiger partial charge in [-0.25, -0.2) is 0 Å². The molecule has 174 valence electrons. The van der Waals surface area contributed by atoms with E-state index in [9.17, 15) is 19.8 Å². The summed E-state index contributed by atoms with van der Waals surface area (Å²) in [4.78, 5) is 24.5. The summed E-state index contributed by atoms with van der Waals surface area (Å²) in [7, 11) is 0. The highest BCUT2D eigenvalue weighted by molar-refractivity contribution is 5.71. The normalized spacial score (nSPS) is 30.3. The Morgan fingerprint density at radius 2 is 1.43 bits per heavy atom. The summed E-state index contributed by atoms with van der Waals surface area (Å²) >= 11 is 0. The predicted molar refractivity (Wildman–Crippen MR) is 108 cm³/mol. The first-order valence-corrected chi connectivity index (χ1v) is 11.5. The van der Waals surface area contributed by atoms with Crippen molar-refractivity contribution in [1.29, 1.82) is 0 Å². The first-order valence-electron chi connectivity index (χ1n) is 11.5. The molecule has 0 aromatic carbocycles. The maximum Gasteiger partial charge on any atom is 0.308 e. The van der Waals surface area contributed by atoms with Crippen molar-refractivity contribution in [3.63, 3.8) is 0 Å². The summed E-state index contributed by atoms with van der Waals surface area (Å²) in [5, 5.41) is 21.2. The fourth-order valence-corrected chi connectivity index (χ4v) is 3.96. The van der Waals surface area contributed by atoms with Gasteiger partial charge < -0.3 is 29.2 Å². The number of hydrogen-bond donors (Lipinski definition) is 2. The average Bonchev–Trinajstić information content (AvgIpc) is 3.17. The van der Waals surface area contributed by atoms with E-state index in [1.807, 2.05) is 0 Å². The Morgan fingerprint density at radius 1 is 0.900 bits per heavy atom. The van der Waals surface area contributed by atoms with E-state index in [-0.39, 0.29) is 19.4 Å². The third kappa shape index (κ3) is 6.39. The van der Waals surface area contributed by atoms with Crippen molar-refractivity contribution >= 4 is 11.9 Å². The van der Waals surface area contributed by atoms with Gasteiger partial charge in [0.05, 0.1) is 6.61 Å². The molecule has 2 heterocycles. The number of aliphatic hydroxyl groups excluding tert-OH is 1. The van der Waals surface area contributed by atoms with Gasteiger partial charge in [-0.05, 0) is 12.8 Å². The highest BCUT2D eigenvalue weighted by Crippen LogP contribution is 2.44. The second-order valence-electron chi connectivity index (χ2n) is 8.36. The van der Waals surface area contributed by atoms with Crippen LogP contribution in [-0.2, 0) is 28.5 Å². The lowest BCUT2D eigenvalue weighted by Gasteiger charge is -2.31. The molecule has 0 aromatic heterocycles. The van der Waals surface area contributed by atoms with Crippen LogP contribution >= 0.6 is 0 Å². The zero-order chi connectivity index (χ0) is 22.0. The lowest BCUT2D eigenvalue weighted by molar-refractivity contribution is -0.258. The molecule has 2 aliphatic rings. The Morgan fingerprint density at radius 3 is 2.00 bits per heavy atom. The molecular formula is C22H38O8. The predicted octanol–water partition coefficient (Wildman–Crippen LogP) is 2.97. The van der Waals surface area contributed by atoms with E-state index in [2.05, 4.69) is 13.8 Å². The minimum Gasteiger partial charge on any atom is -0.427 e. The third-order valence-electron chi connectivity index (χ3n) is 5.70. The van der Waals surface area contributed by atoms with Crippen molar-refractivity contribution in [2.45, 2.75) is 115 Å². The van der Waals surface area contributed by atoms with Crippen LogP contribution in [0.4, 0.5) is 0 Å². The molecule has 4 atom stereocenters. The van der Waals surface area contributed by atoms with E-state index in [1.165, 1.54) is 0 Å². The van der Waals surface area contributed by atoms with Crippen molar-refractivity contribution in [3.8, 4) is 0 Å². The molecule has 2 rings (SSSR count). The van der Waals surface area contributed by atoms with Crippen LogP contribution in [0.5, 0.6) is 0 Å². The van der Waals surface area contributed by atoms with Crippen LogP contribution in [-0.4, -0.2) is 59.1 Å². The standard InChI is InChI=1S/C22H38O8/c1-3-5-7-9-11-13-18(24)29-21(26)16-28-22(17(23)15-27-20(21)22)30-19(25)14-12-10-8-6-4-2/h17,20,23,26H,3-16H2,1-2H3/t17-,20+,21-,22-/m0/s1. The molecule has 0 amide bonds. The number of esters is 2. The van der Waals surface area contributed by atoms with Gasteiger partial charge >= 0.3 is 11.9 Å². The van der Waals surface area contributed by atoms with E-state index in [0.717, 1.165) is 51.4 Å². The number of aliphatic hydroxyl groups is 2. The lowest BCUT2D eigenvalue weighted by atomic mass is 10.0. The Labute approximate surface area is 179 Å². The molecule has 30 heavy (non-hydrogen) atoms. The molecule has 0 radical (unpaired) electrons. The van der Waals surface area contributed by atoms with E-state index < -0.39 is 42.3 Å². The largest absolute Gasteiger partial charge is 0.427 e. The number of carbonyl (C=O) groups is 2. The molecular weight excluding hydrogens is 392 g/mol. The summed E-state index contributed by atoms with van der Waals surface area (Å²) in [6, 6.07) is 0. The van der Waals surface area contributed by atoms with Crippen molar-refractivity contribution in [1.82, 2.24) is 0 Å². The van der Waals surface area contributed by atoms with Gasteiger partial charge in [0, 0.05) is 12.8 Å². The number of ether oxygens (including phenoxy) is 4. The van der Waals surface area contributed by atoms with Gasteiger partial charge in [-0.15, -0.1) is 0 Å².